The number of amides is 3. The first kappa shape index (κ1) is 18.2. The van der Waals surface area contributed by atoms with Crippen LogP contribution in [0.2, 0.25) is 0 Å². The number of morpholine rings is 1. The quantitative estimate of drug-likeness (QED) is 0.856. The second-order valence-electron chi connectivity index (χ2n) is 7.33. The third-order valence-electron chi connectivity index (χ3n) is 5.17. The first-order valence-corrected chi connectivity index (χ1v) is 9.43. The molecule has 8 heteroatoms. The minimum atomic E-state index is -1.02. The standard InChI is InChI=1S/C19H24FN3O4/c20-15-4-1-2-5-16(15)21-18(25)23-9-11-27-19(13-23)12-22(8-3-10-26-19)17(24)14-6-7-14/h1-2,4-5,14H,3,6-13H2,(H,21,25). The van der Waals surface area contributed by atoms with Crippen molar-refractivity contribution < 1.29 is 23.5 Å². The molecule has 1 unspecified atom stereocenters. The molecular weight excluding hydrogens is 353 g/mol. The Balaban J connectivity index is 1.45. The zero-order valence-corrected chi connectivity index (χ0v) is 15.2. The van der Waals surface area contributed by atoms with Crippen LogP contribution < -0.4 is 5.32 Å². The van der Waals surface area contributed by atoms with Crippen LogP contribution in [0.25, 0.3) is 0 Å². The Kier molecular flexibility index (Phi) is 5.01. The number of anilines is 1. The normalized spacial score (nSPS) is 26.0. The van der Waals surface area contributed by atoms with Gasteiger partial charge in [-0.25, -0.2) is 9.18 Å². The number of hydrogen-bond donors (Lipinski definition) is 1. The summed E-state index contributed by atoms with van der Waals surface area (Å²) in [5, 5.41) is 2.60. The fourth-order valence-corrected chi connectivity index (χ4v) is 3.58. The Labute approximate surface area is 157 Å². The molecular formula is C19H24FN3O4. The molecule has 146 valence electrons. The molecule has 2 aliphatic heterocycles. The number of hydrogen-bond acceptors (Lipinski definition) is 4. The smallest absolute Gasteiger partial charge is 0.322 e. The van der Waals surface area contributed by atoms with Crippen molar-refractivity contribution in [2.75, 3.05) is 44.7 Å². The predicted molar refractivity (Wildman–Crippen MR) is 95.5 cm³/mol. The van der Waals surface area contributed by atoms with Crippen molar-refractivity contribution in [3.05, 3.63) is 30.1 Å². The van der Waals surface area contributed by atoms with Crippen molar-refractivity contribution in [1.82, 2.24) is 9.80 Å². The summed E-state index contributed by atoms with van der Waals surface area (Å²) in [6.07, 6.45) is 2.63. The molecule has 0 radical (unpaired) electrons. The Morgan fingerprint density at radius 1 is 1.07 bits per heavy atom. The van der Waals surface area contributed by atoms with E-state index in [2.05, 4.69) is 5.32 Å². The van der Waals surface area contributed by atoms with Gasteiger partial charge in [0, 0.05) is 19.0 Å². The summed E-state index contributed by atoms with van der Waals surface area (Å²) in [6, 6.07) is 5.64. The third-order valence-corrected chi connectivity index (χ3v) is 5.17. The van der Waals surface area contributed by atoms with Crippen molar-refractivity contribution in [2.24, 2.45) is 5.92 Å². The number of nitrogens with zero attached hydrogens (tertiary/aromatic N) is 2. The highest BCUT2D eigenvalue weighted by Crippen LogP contribution is 2.33. The zero-order chi connectivity index (χ0) is 18.9. The molecule has 1 aromatic rings. The van der Waals surface area contributed by atoms with Crippen LogP contribution in [0.3, 0.4) is 0 Å². The van der Waals surface area contributed by atoms with E-state index in [1.54, 1.807) is 17.0 Å². The molecule has 2 saturated heterocycles. The molecule has 1 saturated carbocycles. The predicted octanol–water partition coefficient (Wildman–Crippen LogP) is 2.04. The lowest BCUT2D eigenvalue weighted by Crippen LogP contribution is -2.60. The van der Waals surface area contributed by atoms with Crippen molar-refractivity contribution in [1.29, 1.82) is 0 Å². The van der Waals surface area contributed by atoms with E-state index in [1.165, 1.54) is 12.1 Å². The fourth-order valence-electron chi connectivity index (χ4n) is 3.58. The summed E-state index contributed by atoms with van der Waals surface area (Å²) in [7, 11) is 0. The lowest BCUT2D eigenvalue weighted by Gasteiger charge is -2.43. The van der Waals surface area contributed by atoms with Gasteiger partial charge in [0.05, 0.1) is 32.0 Å². The van der Waals surface area contributed by atoms with Gasteiger partial charge in [0.2, 0.25) is 11.7 Å². The maximum Gasteiger partial charge on any atom is 0.322 e. The van der Waals surface area contributed by atoms with Crippen LogP contribution in [0.5, 0.6) is 0 Å². The fraction of sp³-hybridized carbons (Fsp3) is 0.579. The molecule has 1 atom stereocenters. The highest BCUT2D eigenvalue weighted by molar-refractivity contribution is 5.89. The molecule has 4 rings (SSSR count). The van der Waals surface area contributed by atoms with Gasteiger partial charge in [0.25, 0.3) is 0 Å². The van der Waals surface area contributed by atoms with E-state index in [-0.39, 0.29) is 24.1 Å². The minimum Gasteiger partial charge on any atom is -0.347 e. The first-order chi connectivity index (χ1) is 13.1. The number of carbonyl (C=O) groups excluding carboxylic acids is 2. The number of carbonyl (C=O) groups is 2. The van der Waals surface area contributed by atoms with E-state index >= 15 is 0 Å². The van der Waals surface area contributed by atoms with Crippen LogP contribution in [-0.4, -0.2) is 66.9 Å². The van der Waals surface area contributed by atoms with E-state index < -0.39 is 17.6 Å². The van der Waals surface area contributed by atoms with Gasteiger partial charge in [-0.05, 0) is 31.4 Å². The average molecular weight is 377 g/mol. The van der Waals surface area contributed by atoms with Gasteiger partial charge in [-0.3, -0.25) is 4.79 Å². The lowest BCUT2D eigenvalue weighted by molar-refractivity contribution is -0.259. The average Bonchev–Trinajstić information content (AvgIpc) is 3.51. The molecule has 3 aliphatic rings. The molecule has 1 aliphatic carbocycles. The lowest BCUT2D eigenvalue weighted by atomic mass is 10.2. The molecule has 1 aromatic carbocycles. The van der Waals surface area contributed by atoms with Gasteiger partial charge in [0.15, 0.2) is 0 Å². The highest BCUT2D eigenvalue weighted by Gasteiger charge is 2.45. The van der Waals surface area contributed by atoms with Crippen LogP contribution >= 0.6 is 0 Å². The van der Waals surface area contributed by atoms with Crippen molar-refractivity contribution >= 4 is 17.6 Å². The summed E-state index contributed by atoms with van der Waals surface area (Å²) in [5.41, 5.74) is 0.135. The number of rotatable bonds is 2. The number of halogens is 1. The molecule has 27 heavy (non-hydrogen) atoms. The summed E-state index contributed by atoms with van der Waals surface area (Å²) in [6.45, 7) is 2.30. The highest BCUT2D eigenvalue weighted by atomic mass is 19.1. The number of nitrogens with one attached hydrogen (secondary N) is 1. The van der Waals surface area contributed by atoms with Gasteiger partial charge in [-0.15, -0.1) is 0 Å². The van der Waals surface area contributed by atoms with E-state index in [4.69, 9.17) is 9.47 Å². The summed E-state index contributed by atoms with van der Waals surface area (Å²) in [5.74, 6) is -1.23. The van der Waals surface area contributed by atoms with Crippen LogP contribution in [0.4, 0.5) is 14.9 Å². The molecule has 0 aromatic heterocycles. The Morgan fingerprint density at radius 3 is 2.59 bits per heavy atom. The van der Waals surface area contributed by atoms with Crippen LogP contribution in [-0.2, 0) is 14.3 Å². The van der Waals surface area contributed by atoms with Crippen molar-refractivity contribution in [2.45, 2.75) is 25.0 Å². The maximum atomic E-state index is 13.8. The Hall–Kier alpha value is -2.19. The van der Waals surface area contributed by atoms with Crippen LogP contribution in [0, 0.1) is 11.7 Å². The number of ether oxygens (including phenoxy) is 2. The van der Waals surface area contributed by atoms with E-state index in [0.29, 0.717) is 32.8 Å². The summed E-state index contributed by atoms with van der Waals surface area (Å²) >= 11 is 0. The third kappa shape index (κ3) is 4.06. The molecule has 1 spiro atoms. The van der Waals surface area contributed by atoms with Crippen molar-refractivity contribution in [3.8, 4) is 0 Å². The molecule has 2 heterocycles. The minimum absolute atomic E-state index is 0.129. The molecule has 1 N–H and O–H groups in total. The first-order valence-electron chi connectivity index (χ1n) is 9.43. The number of urea groups is 1. The largest absolute Gasteiger partial charge is 0.347 e. The van der Waals surface area contributed by atoms with Gasteiger partial charge in [-0.2, -0.15) is 0 Å². The number of para-hydroxylation sites is 1. The van der Waals surface area contributed by atoms with E-state index in [1.807, 2.05) is 4.90 Å². The molecule has 7 nitrogen and oxygen atoms in total. The Morgan fingerprint density at radius 2 is 1.81 bits per heavy atom. The second-order valence-corrected chi connectivity index (χ2v) is 7.33. The molecule has 3 fully saturated rings. The SMILES string of the molecule is O=C(Nc1ccccc1F)N1CCOC2(C1)CN(C(=O)C1CC1)CCCO2. The molecule has 3 amide bonds. The van der Waals surface area contributed by atoms with Crippen LogP contribution in [0.1, 0.15) is 19.3 Å². The monoisotopic (exact) mass is 377 g/mol. The van der Waals surface area contributed by atoms with Crippen LogP contribution in [0.15, 0.2) is 24.3 Å². The maximum absolute atomic E-state index is 13.8. The van der Waals surface area contributed by atoms with Gasteiger partial charge >= 0.3 is 6.03 Å². The van der Waals surface area contributed by atoms with E-state index in [9.17, 15) is 14.0 Å². The second kappa shape index (κ2) is 7.44. The number of benzene rings is 1. The van der Waals surface area contributed by atoms with Gasteiger partial charge < -0.3 is 24.6 Å². The summed E-state index contributed by atoms with van der Waals surface area (Å²) in [4.78, 5) is 28.5. The van der Waals surface area contributed by atoms with Gasteiger partial charge in [-0.1, -0.05) is 12.1 Å². The van der Waals surface area contributed by atoms with Crippen molar-refractivity contribution in [3.63, 3.8) is 0 Å². The summed E-state index contributed by atoms with van der Waals surface area (Å²) < 4.78 is 25.7. The zero-order valence-electron chi connectivity index (χ0n) is 15.2. The van der Waals surface area contributed by atoms with Gasteiger partial charge in [0.1, 0.15) is 5.82 Å². The topological polar surface area (TPSA) is 71.1 Å². The Bertz CT molecular complexity index is 727. The van der Waals surface area contributed by atoms with E-state index in [0.717, 1.165) is 19.3 Å². The molecule has 0 bridgehead atoms.